The van der Waals surface area contributed by atoms with Crippen molar-refractivity contribution in [1.29, 1.82) is 0 Å². The molecule has 0 aliphatic carbocycles. The van der Waals surface area contributed by atoms with E-state index in [1.165, 1.54) is 17.1 Å². The van der Waals surface area contributed by atoms with Crippen LogP contribution in [0.15, 0.2) is 47.6 Å². The molecule has 6 heteroatoms. The summed E-state index contributed by atoms with van der Waals surface area (Å²) < 4.78 is 1.22. The number of hydrogen-bond acceptors (Lipinski definition) is 3. The third-order valence-electron chi connectivity index (χ3n) is 1.80. The number of aromatic nitrogens is 2. The molecule has 0 aliphatic rings. The van der Waals surface area contributed by atoms with Gasteiger partial charge < -0.3 is 5.73 Å². The van der Waals surface area contributed by atoms with E-state index in [9.17, 15) is 4.79 Å². The van der Waals surface area contributed by atoms with Gasteiger partial charge in [-0.2, -0.15) is 5.10 Å². The van der Waals surface area contributed by atoms with Crippen molar-refractivity contribution in [2.24, 2.45) is 5.73 Å². The SMILES string of the molecule is N\C=C/C=C\C=C\Cn1ncc(Cl)c(Cl)c1=O. The minimum Gasteiger partial charge on any atom is -0.405 e. The maximum Gasteiger partial charge on any atom is 0.287 e. The lowest BCUT2D eigenvalue weighted by atomic mass is 10.4. The van der Waals surface area contributed by atoms with E-state index < -0.39 is 5.56 Å². The van der Waals surface area contributed by atoms with Gasteiger partial charge in [-0.25, -0.2) is 4.68 Å². The molecule has 0 radical (unpaired) electrons. The third-order valence-corrected chi connectivity index (χ3v) is 2.55. The number of nitrogens with zero attached hydrogens (tertiary/aromatic N) is 2. The molecule has 4 nitrogen and oxygen atoms in total. The van der Waals surface area contributed by atoms with Crippen LogP contribution in [0, 0.1) is 0 Å². The minimum atomic E-state index is -0.408. The molecule has 0 atom stereocenters. The van der Waals surface area contributed by atoms with Crippen molar-refractivity contribution >= 4 is 23.2 Å². The summed E-state index contributed by atoms with van der Waals surface area (Å²) in [5.74, 6) is 0. The largest absolute Gasteiger partial charge is 0.405 e. The Morgan fingerprint density at radius 1 is 1.29 bits per heavy atom. The lowest BCUT2D eigenvalue weighted by Gasteiger charge is -2.01. The van der Waals surface area contributed by atoms with Crippen LogP contribution < -0.4 is 11.3 Å². The van der Waals surface area contributed by atoms with Crippen molar-refractivity contribution < 1.29 is 0 Å². The van der Waals surface area contributed by atoms with E-state index in [2.05, 4.69) is 5.10 Å². The summed E-state index contributed by atoms with van der Waals surface area (Å²) in [5.41, 5.74) is 4.74. The van der Waals surface area contributed by atoms with Crippen molar-refractivity contribution in [3.05, 3.63) is 63.2 Å². The van der Waals surface area contributed by atoms with Crippen LogP contribution in [0.2, 0.25) is 10.0 Å². The molecular weight excluding hydrogens is 261 g/mol. The van der Waals surface area contributed by atoms with E-state index in [0.717, 1.165) is 0 Å². The van der Waals surface area contributed by atoms with Crippen molar-refractivity contribution in [3.8, 4) is 0 Å². The van der Waals surface area contributed by atoms with Crippen LogP contribution in [-0.4, -0.2) is 9.78 Å². The van der Waals surface area contributed by atoms with Crippen LogP contribution in [0.5, 0.6) is 0 Å². The first kappa shape index (κ1) is 13.5. The molecule has 17 heavy (non-hydrogen) atoms. The fraction of sp³-hybridized carbons (Fsp3) is 0.0909. The van der Waals surface area contributed by atoms with Crippen molar-refractivity contribution in [1.82, 2.24) is 9.78 Å². The van der Waals surface area contributed by atoms with Crippen LogP contribution in [0.3, 0.4) is 0 Å². The van der Waals surface area contributed by atoms with Crippen LogP contribution >= 0.6 is 23.2 Å². The lowest BCUT2D eigenvalue weighted by Crippen LogP contribution is -2.22. The van der Waals surface area contributed by atoms with Crippen molar-refractivity contribution in [3.63, 3.8) is 0 Å². The summed E-state index contributed by atoms with van der Waals surface area (Å²) in [7, 11) is 0. The summed E-state index contributed by atoms with van der Waals surface area (Å²) in [4.78, 5) is 11.6. The van der Waals surface area contributed by atoms with E-state index in [1.54, 1.807) is 30.4 Å². The quantitative estimate of drug-likeness (QED) is 0.854. The average molecular weight is 272 g/mol. The second-order valence-electron chi connectivity index (χ2n) is 2.99. The van der Waals surface area contributed by atoms with Crippen LogP contribution in [0.4, 0.5) is 0 Å². The maximum atomic E-state index is 11.6. The molecule has 0 aromatic carbocycles. The molecule has 0 unspecified atom stereocenters. The molecule has 1 rings (SSSR count). The molecule has 0 saturated heterocycles. The van der Waals surface area contributed by atoms with Crippen LogP contribution in [-0.2, 0) is 6.54 Å². The molecule has 90 valence electrons. The van der Waals surface area contributed by atoms with Gasteiger partial charge in [0, 0.05) is 0 Å². The predicted molar refractivity (Wildman–Crippen MR) is 70.1 cm³/mol. The predicted octanol–water partition coefficient (Wildman–Crippen LogP) is 2.13. The zero-order chi connectivity index (χ0) is 12.7. The summed E-state index contributed by atoms with van der Waals surface area (Å²) in [6, 6.07) is 0. The highest BCUT2D eigenvalue weighted by Crippen LogP contribution is 2.14. The monoisotopic (exact) mass is 271 g/mol. The van der Waals surface area contributed by atoms with Gasteiger partial charge in [-0.1, -0.05) is 47.5 Å². The molecule has 0 aliphatic heterocycles. The van der Waals surface area contributed by atoms with Gasteiger partial charge in [-0.15, -0.1) is 0 Å². The number of halogens is 2. The summed E-state index contributed by atoms with van der Waals surface area (Å²) in [5, 5.41) is 3.99. The highest BCUT2D eigenvalue weighted by atomic mass is 35.5. The number of nitrogens with two attached hydrogens (primary N) is 1. The van der Waals surface area contributed by atoms with E-state index >= 15 is 0 Å². The first-order valence-corrected chi connectivity index (χ1v) is 5.53. The molecule has 2 N–H and O–H groups in total. The molecule has 1 heterocycles. The Balaban J connectivity index is 2.71. The second-order valence-corrected chi connectivity index (χ2v) is 3.78. The Kier molecular flexibility index (Phi) is 5.52. The van der Waals surface area contributed by atoms with Gasteiger partial charge in [0.15, 0.2) is 0 Å². The molecule has 0 bridgehead atoms. The normalized spacial score (nSPS) is 12.1. The highest BCUT2D eigenvalue weighted by Gasteiger charge is 2.05. The summed E-state index contributed by atoms with van der Waals surface area (Å²) in [6.07, 6.45) is 11.5. The first-order chi connectivity index (χ1) is 8.16. The Morgan fingerprint density at radius 3 is 2.71 bits per heavy atom. The van der Waals surface area contributed by atoms with E-state index in [1.807, 2.05) is 0 Å². The molecule has 0 spiro atoms. The molecule has 1 aromatic heterocycles. The van der Waals surface area contributed by atoms with Gasteiger partial charge in [0.1, 0.15) is 5.02 Å². The molecule has 1 aromatic rings. The second kappa shape index (κ2) is 6.93. The fourth-order valence-corrected chi connectivity index (χ4v) is 1.28. The molecule has 0 fully saturated rings. The van der Waals surface area contributed by atoms with Gasteiger partial charge in [0.2, 0.25) is 0 Å². The standard InChI is InChI=1S/C11H11Cl2N3O/c12-9-8-15-16(11(17)10(9)13)7-5-3-1-2-4-6-14/h1-6,8H,7,14H2/b2-1-,5-3+,6-4-. The van der Waals surface area contributed by atoms with Crippen molar-refractivity contribution in [2.75, 3.05) is 0 Å². The molecule has 0 amide bonds. The minimum absolute atomic E-state index is 0.0170. The highest BCUT2D eigenvalue weighted by molar-refractivity contribution is 6.41. The number of allylic oxidation sites excluding steroid dienone is 5. The number of rotatable bonds is 4. The van der Waals surface area contributed by atoms with Gasteiger partial charge in [-0.3, -0.25) is 4.79 Å². The summed E-state index contributed by atoms with van der Waals surface area (Å²) >= 11 is 11.3. The van der Waals surface area contributed by atoms with Gasteiger partial charge in [0.25, 0.3) is 5.56 Å². The Hall–Kier alpha value is -1.52. The average Bonchev–Trinajstić information content (AvgIpc) is 2.33. The Morgan fingerprint density at radius 2 is 2.00 bits per heavy atom. The first-order valence-electron chi connectivity index (χ1n) is 4.78. The zero-order valence-electron chi connectivity index (χ0n) is 8.88. The molecular formula is C11H11Cl2N3O. The fourth-order valence-electron chi connectivity index (χ4n) is 1.01. The third kappa shape index (κ3) is 4.09. The maximum absolute atomic E-state index is 11.6. The smallest absolute Gasteiger partial charge is 0.287 e. The topological polar surface area (TPSA) is 60.9 Å². The zero-order valence-corrected chi connectivity index (χ0v) is 10.4. The van der Waals surface area contributed by atoms with Gasteiger partial charge >= 0.3 is 0 Å². The number of hydrogen-bond donors (Lipinski definition) is 1. The van der Waals surface area contributed by atoms with Gasteiger partial charge in [-0.05, 0) is 12.3 Å². The van der Waals surface area contributed by atoms with Crippen LogP contribution in [0.1, 0.15) is 0 Å². The van der Waals surface area contributed by atoms with Crippen LogP contribution in [0.25, 0.3) is 0 Å². The van der Waals surface area contributed by atoms with Crippen molar-refractivity contribution in [2.45, 2.75) is 6.54 Å². The van der Waals surface area contributed by atoms with E-state index in [-0.39, 0.29) is 10.0 Å². The summed E-state index contributed by atoms with van der Waals surface area (Å²) in [6.45, 7) is 0.326. The Labute approximate surface area is 109 Å². The Bertz CT molecular complexity index is 518. The lowest BCUT2D eigenvalue weighted by molar-refractivity contribution is 0.651. The van der Waals surface area contributed by atoms with E-state index in [0.29, 0.717) is 6.54 Å². The van der Waals surface area contributed by atoms with E-state index in [4.69, 9.17) is 28.9 Å². The van der Waals surface area contributed by atoms with Gasteiger partial charge in [0.05, 0.1) is 17.8 Å². The molecule has 0 saturated carbocycles.